The van der Waals surface area contributed by atoms with Crippen LogP contribution >= 0.6 is 11.3 Å². The Morgan fingerprint density at radius 1 is 1.16 bits per heavy atom. The third-order valence-electron chi connectivity index (χ3n) is 3.68. The van der Waals surface area contributed by atoms with Crippen molar-refractivity contribution in [1.82, 2.24) is 4.98 Å². The Morgan fingerprint density at radius 3 is 2.84 bits per heavy atom. The fourth-order valence-electron chi connectivity index (χ4n) is 2.42. The van der Waals surface area contributed by atoms with E-state index >= 15 is 0 Å². The fourth-order valence-corrected chi connectivity index (χ4v) is 3.21. The standard InChI is InChI=1S/C19H13N3O2S/c20-9-14(10-21-15-4-2-1-3-5-15)19-22-16(11-25-19)13-6-7-17-18(8-13)24-12-23-17/h1-8,10-11,21H,12H2/b14-10-. The number of para-hydroxylation sites is 1. The first-order valence-corrected chi connectivity index (χ1v) is 8.49. The first-order chi connectivity index (χ1) is 12.3. The Morgan fingerprint density at radius 2 is 2.00 bits per heavy atom. The minimum Gasteiger partial charge on any atom is -0.454 e. The zero-order valence-corrected chi connectivity index (χ0v) is 13.9. The fraction of sp³-hybridized carbons (Fsp3) is 0.0526. The second-order valence-corrected chi connectivity index (χ2v) is 6.14. The normalized spacial score (nSPS) is 12.7. The van der Waals surface area contributed by atoms with Gasteiger partial charge in [0.2, 0.25) is 6.79 Å². The maximum Gasteiger partial charge on any atom is 0.231 e. The molecule has 0 atom stereocenters. The third-order valence-corrected chi connectivity index (χ3v) is 4.56. The molecule has 0 saturated carbocycles. The van der Waals surface area contributed by atoms with Crippen LogP contribution in [0.25, 0.3) is 16.8 Å². The van der Waals surface area contributed by atoms with Crippen molar-refractivity contribution >= 4 is 22.6 Å². The molecule has 0 saturated heterocycles. The average Bonchev–Trinajstić information content (AvgIpc) is 3.32. The van der Waals surface area contributed by atoms with Gasteiger partial charge in [0, 0.05) is 22.8 Å². The van der Waals surface area contributed by atoms with Crippen LogP contribution in [0.1, 0.15) is 5.01 Å². The molecule has 2 heterocycles. The van der Waals surface area contributed by atoms with Crippen LogP contribution in [0.5, 0.6) is 11.5 Å². The van der Waals surface area contributed by atoms with E-state index in [2.05, 4.69) is 16.4 Å². The van der Waals surface area contributed by atoms with Crippen molar-refractivity contribution in [2.75, 3.05) is 12.1 Å². The van der Waals surface area contributed by atoms with Gasteiger partial charge in [0.05, 0.1) is 5.69 Å². The van der Waals surface area contributed by atoms with Crippen molar-refractivity contribution in [2.24, 2.45) is 0 Å². The molecule has 3 aromatic rings. The number of rotatable bonds is 4. The SMILES string of the molecule is N#C/C(=C/Nc1ccccc1)c1nc(-c2ccc3c(c2)OCO3)cs1. The van der Waals surface area contributed by atoms with Crippen LogP contribution in [0.3, 0.4) is 0 Å². The number of thiazole rings is 1. The number of allylic oxidation sites excluding steroid dienone is 1. The molecular weight excluding hydrogens is 334 g/mol. The highest BCUT2D eigenvalue weighted by Gasteiger charge is 2.15. The molecule has 2 aromatic carbocycles. The molecule has 0 aliphatic carbocycles. The van der Waals surface area contributed by atoms with E-state index in [4.69, 9.17) is 9.47 Å². The van der Waals surface area contributed by atoms with Gasteiger partial charge in [-0.3, -0.25) is 0 Å². The van der Waals surface area contributed by atoms with Crippen molar-refractivity contribution in [3.8, 4) is 28.8 Å². The number of ether oxygens (including phenoxy) is 2. The minimum atomic E-state index is 0.244. The maximum atomic E-state index is 9.44. The lowest BCUT2D eigenvalue weighted by Gasteiger charge is -2.01. The number of nitriles is 1. The van der Waals surface area contributed by atoms with Crippen molar-refractivity contribution in [3.63, 3.8) is 0 Å². The van der Waals surface area contributed by atoms with Gasteiger partial charge in [0.25, 0.3) is 0 Å². The summed E-state index contributed by atoms with van der Waals surface area (Å²) in [7, 11) is 0. The number of hydrogen-bond acceptors (Lipinski definition) is 6. The van der Waals surface area contributed by atoms with Crippen LogP contribution < -0.4 is 14.8 Å². The molecule has 0 fully saturated rings. The van der Waals surface area contributed by atoms with E-state index in [1.165, 1.54) is 11.3 Å². The number of benzene rings is 2. The van der Waals surface area contributed by atoms with Crippen LogP contribution in [-0.2, 0) is 0 Å². The number of anilines is 1. The van der Waals surface area contributed by atoms with E-state index in [1.807, 2.05) is 53.9 Å². The van der Waals surface area contributed by atoms with E-state index in [0.29, 0.717) is 16.3 Å². The molecule has 122 valence electrons. The Balaban J connectivity index is 1.58. The summed E-state index contributed by atoms with van der Waals surface area (Å²) >= 11 is 1.43. The summed E-state index contributed by atoms with van der Waals surface area (Å²) in [5, 5.41) is 15.2. The van der Waals surface area contributed by atoms with Gasteiger partial charge in [-0.2, -0.15) is 5.26 Å². The van der Waals surface area contributed by atoms with E-state index < -0.39 is 0 Å². The smallest absolute Gasteiger partial charge is 0.231 e. The molecule has 1 aliphatic heterocycles. The summed E-state index contributed by atoms with van der Waals surface area (Å²) in [5.74, 6) is 1.46. The number of hydrogen-bond donors (Lipinski definition) is 1. The van der Waals surface area contributed by atoms with Gasteiger partial charge in [-0.25, -0.2) is 4.98 Å². The highest BCUT2D eigenvalue weighted by Crippen LogP contribution is 2.36. The number of fused-ring (bicyclic) bond motifs is 1. The molecule has 6 heteroatoms. The minimum absolute atomic E-state index is 0.244. The lowest BCUT2D eigenvalue weighted by Crippen LogP contribution is -1.92. The predicted octanol–water partition coefficient (Wildman–Crippen LogP) is 4.52. The predicted molar refractivity (Wildman–Crippen MR) is 97.3 cm³/mol. The summed E-state index contributed by atoms with van der Waals surface area (Å²) in [6.07, 6.45) is 1.68. The Hall–Kier alpha value is -3.30. The van der Waals surface area contributed by atoms with E-state index in [1.54, 1.807) is 6.20 Å². The number of nitrogens with zero attached hydrogens (tertiary/aromatic N) is 2. The highest BCUT2D eigenvalue weighted by atomic mass is 32.1. The van der Waals surface area contributed by atoms with Gasteiger partial charge in [0.1, 0.15) is 16.6 Å². The Kier molecular flexibility index (Phi) is 4.07. The van der Waals surface area contributed by atoms with Gasteiger partial charge in [-0.15, -0.1) is 11.3 Å². The molecule has 0 spiro atoms. The summed E-state index contributed by atoms with van der Waals surface area (Å²) in [5.41, 5.74) is 3.14. The third kappa shape index (κ3) is 3.18. The molecule has 0 unspecified atom stereocenters. The highest BCUT2D eigenvalue weighted by molar-refractivity contribution is 7.11. The largest absolute Gasteiger partial charge is 0.454 e. The molecule has 5 nitrogen and oxygen atoms in total. The van der Waals surface area contributed by atoms with Gasteiger partial charge in [0.15, 0.2) is 11.5 Å². The van der Waals surface area contributed by atoms with Crippen molar-refractivity contribution in [3.05, 3.63) is 65.1 Å². The van der Waals surface area contributed by atoms with Crippen molar-refractivity contribution in [1.29, 1.82) is 5.26 Å². The van der Waals surface area contributed by atoms with Crippen LogP contribution in [0, 0.1) is 11.3 Å². The lowest BCUT2D eigenvalue weighted by molar-refractivity contribution is 0.174. The van der Waals surface area contributed by atoms with E-state index in [0.717, 1.165) is 22.7 Å². The Bertz CT molecular complexity index is 974. The van der Waals surface area contributed by atoms with Gasteiger partial charge >= 0.3 is 0 Å². The average molecular weight is 347 g/mol. The monoisotopic (exact) mass is 347 g/mol. The summed E-state index contributed by atoms with van der Waals surface area (Å²) in [6, 6.07) is 17.6. The summed E-state index contributed by atoms with van der Waals surface area (Å²) in [4.78, 5) is 4.58. The Labute approximate surface area is 148 Å². The molecule has 0 bridgehead atoms. The topological polar surface area (TPSA) is 67.2 Å². The quantitative estimate of drug-likeness (QED) is 0.703. The van der Waals surface area contributed by atoms with Crippen LogP contribution in [0.15, 0.2) is 60.1 Å². The van der Waals surface area contributed by atoms with Crippen molar-refractivity contribution < 1.29 is 9.47 Å². The lowest BCUT2D eigenvalue weighted by atomic mass is 10.1. The van der Waals surface area contributed by atoms with Gasteiger partial charge in [-0.1, -0.05) is 18.2 Å². The van der Waals surface area contributed by atoms with E-state index in [9.17, 15) is 5.26 Å². The van der Waals surface area contributed by atoms with Gasteiger partial charge < -0.3 is 14.8 Å². The second-order valence-electron chi connectivity index (χ2n) is 5.29. The molecule has 4 rings (SSSR count). The van der Waals surface area contributed by atoms with Crippen LogP contribution in [0.4, 0.5) is 5.69 Å². The van der Waals surface area contributed by atoms with Crippen LogP contribution in [0.2, 0.25) is 0 Å². The summed E-state index contributed by atoms with van der Waals surface area (Å²) in [6.45, 7) is 0.244. The molecule has 1 aliphatic rings. The molecule has 1 aromatic heterocycles. The molecule has 0 radical (unpaired) electrons. The van der Waals surface area contributed by atoms with E-state index in [-0.39, 0.29) is 6.79 Å². The zero-order valence-electron chi connectivity index (χ0n) is 13.1. The molecular formula is C19H13N3O2S. The van der Waals surface area contributed by atoms with Crippen LogP contribution in [-0.4, -0.2) is 11.8 Å². The summed E-state index contributed by atoms with van der Waals surface area (Å²) < 4.78 is 10.7. The van der Waals surface area contributed by atoms with Gasteiger partial charge in [-0.05, 0) is 30.3 Å². The number of aromatic nitrogens is 1. The molecule has 25 heavy (non-hydrogen) atoms. The maximum absolute atomic E-state index is 9.44. The first kappa shape index (κ1) is 15.2. The second kappa shape index (κ2) is 6.67. The molecule has 0 amide bonds. The first-order valence-electron chi connectivity index (χ1n) is 7.61. The molecule has 1 N–H and O–H groups in total. The zero-order chi connectivity index (χ0) is 17.1. The van der Waals surface area contributed by atoms with Crippen molar-refractivity contribution in [2.45, 2.75) is 0 Å². The number of nitrogens with one attached hydrogen (secondary N) is 1.